The minimum absolute atomic E-state index is 0.0913. The topological polar surface area (TPSA) is 32.3 Å². The standard InChI is InChI=1S/C14H19F2NO/c1-10(11-6-12(15)8-13(16)7-11)17-9-14(2-3-14)4-5-18/h6-8,10,17-18H,2-5,9H2,1H3. The fourth-order valence-electron chi connectivity index (χ4n) is 2.24. The molecule has 2 rings (SSSR count). The SMILES string of the molecule is CC(NCC1(CCO)CC1)c1cc(F)cc(F)c1. The lowest BCUT2D eigenvalue weighted by Gasteiger charge is -2.20. The average molecular weight is 255 g/mol. The summed E-state index contributed by atoms with van der Waals surface area (Å²) in [6, 6.07) is 3.50. The van der Waals surface area contributed by atoms with Crippen molar-refractivity contribution < 1.29 is 13.9 Å². The third-order valence-corrected chi connectivity index (χ3v) is 3.77. The number of halogens is 2. The highest BCUT2D eigenvalue weighted by Gasteiger charge is 2.41. The van der Waals surface area contributed by atoms with Gasteiger partial charge in [-0.1, -0.05) is 0 Å². The minimum atomic E-state index is -0.546. The average Bonchev–Trinajstić information content (AvgIpc) is 3.06. The molecular formula is C14H19F2NO. The molecule has 0 aliphatic heterocycles. The molecule has 1 aromatic rings. The van der Waals surface area contributed by atoms with Gasteiger partial charge in [-0.25, -0.2) is 8.78 Å². The van der Waals surface area contributed by atoms with Crippen molar-refractivity contribution in [1.82, 2.24) is 5.32 Å². The molecule has 1 aliphatic rings. The summed E-state index contributed by atoms with van der Waals surface area (Å²) in [7, 11) is 0. The second-order valence-corrected chi connectivity index (χ2v) is 5.28. The molecule has 0 bridgehead atoms. The van der Waals surface area contributed by atoms with E-state index in [9.17, 15) is 8.78 Å². The van der Waals surface area contributed by atoms with Gasteiger partial charge in [0.25, 0.3) is 0 Å². The molecule has 1 saturated carbocycles. The lowest BCUT2D eigenvalue weighted by Crippen LogP contribution is -2.27. The summed E-state index contributed by atoms with van der Waals surface area (Å²) in [4.78, 5) is 0. The Balaban J connectivity index is 1.93. The molecule has 100 valence electrons. The molecule has 0 heterocycles. The van der Waals surface area contributed by atoms with Gasteiger partial charge in [-0.05, 0) is 49.3 Å². The maximum Gasteiger partial charge on any atom is 0.126 e. The molecule has 0 aromatic heterocycles. The molecular weight excluding hydrogens is 236 g/mol. The molecule has 18 heavy (non-hydrogen) atoms. The summed E-state index contributed by atoms with van der Waals surface area (Å²) in [6.07, 6.45) is 3.03. The van der Waals surface area contributed by atoms with Crippen LogP contribution < -0.4 is 5.32 Å². The van der Waals surface area contributed by atoms with Gasteiger partial charge >= 0.3 is 0 Å². The molecule has 0 radical (unpaired) electrons. The lowest BCUT2D eigenvalue weighted by atomic mass is 10.0. The quantitative estimate of drug-likeness (QED) is 0.819. The third kappa shape index (κ3) is 3.27. The smallest absolute Gasteiger partial charge is 0.126 e. The zero-order valence-corrected chi connectivity index (χ0v) is 10.5. The van der Waals surface area contributed by atoms with E-state index >= 15 is 0 Å². The highest BCUT2D eigenvalue weighted by Crippen LogP contribution is 2.48. The molecule has 1 atom stereocenters. The van der Waals surface area contributed by atoms with Crippen molar-refractivity contribution in [1.29, 1.82) is 0 Å². The Morgan fingerprint density at radius 3 is 2.39 bits per heavy atom. The Kier molecular flexibility index (Phi) is 3.97. The number of aliphatic hydroxyl groups excluding tert-OH is 1. The van der Waals surface area contributed by atoms with Crippen LogP contribution >= 0.6 is 0 Å². The van der Waals surface area contributed by atoms with Crippen LogP contribution in [0, 0.1) is 17.0 Å². The monoisotopic (exact) mass is 255 g/mol. The molecule has 1 aromatic carbocycles. The summed E-state index contributed by atoms with van der Waals surface area (Å²) in [5, 5.41) is 12.3. The summed E-state index contributed by atoms with van der Waals surface area (Å²) in [5.41, 5.74) is 0.821. The molecule has 4 heteroatoms. The number of hydrogen-bond donors (Lipinski definition) is 2. The van der Waals surface area contributed by atoms with Gasteiger partial charge in [-0.3, -0.25) is 0 Å². The summed E-state index contributed by atoms with van der Waals surface area (Å²) in [6.45, 7) is 2.88. The Labute approximate surface area is 106 Å². The first-order valence-electron chi connectivity index (χ1n) is 6.35. The Bertz CT molecular complexity index is 398. The number of hydrogen-bond acceptors (Lipinski definition) is 2. The van der Waals surface area contributed by atoms with Gasteiger partial charge in [-0.2, -0.15) is 0 Å². The summed E-state index contributed by atoms with van der Waals surface area (Å²) >= 11 is 0. The third-order valence-electron chi connectivity index (χ3n) is 3.77. The number of benzene rings is 1. The van der Waals surface area contributed by atoms with Gasteiger partial charge in [0.1, 0.15) is 11.6 Å². The van der Waals surface area contributed by atoms with Crippen LogP contribution in [-0.2, 0) is 0 Å². The Hall–Kier alpha value is -1.00. The number of nitrogens with one attached hydrogen (secondary N) is 1. The summed E-state index contributed by atoms with van der Waals surface area (Å²) in [5.74, 6) is -1.09. The van der Waals surface area contributed by atoms with Crippen molar-refractivity contribution in [2.24, 2.45) is 5.41 Å². The van der Waals surface area contributed by atoms with E-state index in [1.807, 2.05) is 6.92 Å². The summed E-state index contributed by atoms with van der Waals surface area (Å²) < 4.78 is 26.2. The van der Waals surface area contributed by atoms with Crippen molar-refractivity contribution in [2.75, 3.05) is 13.2 Å². The van der Waals surface area contributed by atoms with Crippen LogP contribution in [-0.4, -0.2) is 18.3 Å². The van der Waals surface area contributed by atoms with E-state index in [-0.39, 0.29) is 18.1 Å². The first kappa shape index (κ1) is 13.4. The predicted octanol–water partition coefficient (Wildman–Crippen LogP) is 2.78. The first-order valence-corrected chi connectivity index (χ1v) is 6.35. The second-order valence-electron chi connectivity index (χ2n) is 5.28. The zero-order valence-electron chi connectivity index (χ0n) is 10.5. The second kappa shape index (κ2) is 5.33. The predicted molar refractivity (Wildman–Crippen MR) is 66.1 cm³/mol. The van der Waals surface area contributed by atoms with E-state index in [2.05, 4.69) is 5.32 Å². The van der Waals surface area contributed by atoms with Crippen molar-refractivity contribution in [3.8, 4) is 0 Å². The lowest BCUT2D eigenvalue weighted by molar-refractivity contribution is 0.243. The van der Waals surface area contributed by atoms with Crippen molar-refractivity contribution >= 4 is 0 Å². The van der Waals surface area contributed by atoms with Crippen LogP contribution in [0.1, 0.15) is 37.8 Å². The van der Waals surface area contributed by atoms with Gasteiger partial charge in [0.2, 0.25) is 0 Å². The van der Waals surface area contributed by atoms with E-state index < -0.39 is 11.6 Å². The molecule has 0 spiro atoms. The fraction of sp³-hybridized carbons (Fsp3) is 0.571. The zero-order chi connectivity index (χ0) is 13.2. The molecule has 0 amide bonds. The number of aliphatic hydroxyl groups is 1. The van der Waals surface area contributed by atoms with E-state index in [1.54, 1.807) is 0 Å². The minimum Gasteiger partial charge on any atom is -0.396 e. The first-order chi connectivity index (χ1) is 8.54. The van der Waals surface area contributed by atoms with Gasteiger partial charge in [0.05, 0.1) is 0 Å². The van der Waals surface area contributed by atoms with E-state index in [4.69, 9.17) is 5.11 Å². The van der Waals surface area contributed by atoms with Crippen LogP contribution in [0.2, 0.25) is 0 Å². The van der Waals surface area contributed by atoms with Gasteiger partial charge in [0, 0.05) is 25.3 Å². The highest BCUT2D eigenvalue weighted by molar-refractivity contribution is 5.21. The maximum absolute atomic E-state index is 13.1. The van der Waals surface area contributed by atoms with E-state index in [0.29, 0.717) is 5.56 Å². The molecule has 1 aliphatic carbocycles. The number of rotatable bonds is 6. The molecule has 2 N–H and O–H groups in total. The van der Waals surface area contributed by atoms with Crippen molar-refractivity contribution in [3.63, 3.8) is 0 Å². The van der Waals surface area contributed by atoms with Gasteiger partial charge < -0.3 is 10.4 Å². The maximum atomic E-state index is 13.1. The largest absolute Gasteiger partial charge is 0.396 e. The van der Waals surface area contributed by atoms with Crippen LogP contribution in [0.25, 0.3) is 0 Å². The van der Waals surface area contributed by atoms with Gasteiger partial charge in [-0.15, -0.1) is 0 Å². The Morgan fingerprint density at radius 1 is 1.28 bits per heavy atom. The highest BCUT2D eigenvalue weighted by atomic mass is 19.1. The van der Waals surface area contributed by atoms with Gasteiger partial charge in [0.15, 0.2) is 0 Å². The molecule has 1 unspecified atom stereocenters. The van der Waals surface area contributed by atoms with Crippen molar-refractivity contribution in [2.45, 2.75) is 32.2 Å². The van der Waals surface area contributed by atoms with E-state index in [1.165, 1.54) is 12.1 Å². The van der Waals surface area contributed by atoms with Crippen LogP contribution in [0.5, 0.6) is 0 Å². The normalized spacial score (nSPS) is 18.7. The van der Waals surface area contributed by atoms with E-state index in [0.717, 1.165) is 31.9 Å². The van der Waals surface area contributed by atoms with Crippen LogP contribution in [0.3, 0.4) is 0 Å². The van der Waals surface area contributed by atoms with Crippen LogP contribution in [0.4, 0.5) is 8.78 Å². The molecule has 2 nitrogen and oxygen atoms in total. The fourth-order valence-corrected chi connectivity index (χ4v) is 2.24. The van der Waals surface area contributed by atoms with Crippen molar-refractivity contribution in [3.05, 3.63) is 35.4 Å². The molecule has 0 saturated heterocycles. The Morgan fingerprint density at radius 2 is 1.89 bits per heavy atom. The van der Waals surface area contributed by atoms with Crippen LogP contribution in [0.15, 0.2) is 18.2 Å². The molecule has 1 fully saturated rings.